The highest BCUT2D eigenvalue weighted by molar-refractivity contribution is 7.09. The molecule has 4 aromatic rings. The van der Waals surface area contributed by atoms with Crippen LogP contribution in [0.5, 0.6) is 5.75 Å². The van der Waals surface area contributed by atoms with E-state index >= 15 is 0 Å². The number of nitrogens with one attached hydrogen (secondary N) is 2. The molecule has 10 heteroatoms. The Hall–Kier alpha value is -4.96. The maximum absolute atomic E-state index is 13.4. The lowest BCUT2D eigenvalue weighted by Crippen LogP contribution is -2.54. The number of carboxylic acids is 1. The van der Waals surface area contributed by atoms with Crippen molar-refractivity contribution in [3.63, 3.8) is 0 Å². The summed E-state index contributed by atoms with van der Waals surface area (Å²) in [6.45, 7) is 1.29. The number of hydrogen-bond acceptors (Lipinski definition) is 6. The minimum atomic E-state index is -0.980. The average Bonchev–Trinajstić information content (AvgIpc) is 3.54. The van der Waals surface area contributed by atoms with Gasteiger partial charge in [0.25, 0.3) is 5.91 Å². The quantitative estimate of drug-likeness (QED) is 0.159. The van der Waals surface area contributed by atoms with Gasteiger partial charge in [-0.15, -0.1) is 11.3 Å². The van der Waals surface area contributed by atoms with Gasteiger partial charge in [-0.2, -0.15) is 0 Å². The van der Waals surface area contributed by atoms with Crippen LogP contribution in [-0.4, -0.2) is 47.5 Å². The second-order valence-electron chi connectivity index (χ2n) is 10.5. The fourth-order valence-electron chi connectivity index (χ4n) is 4.58. The lowest BCUT2D eigenvalue weighted by molar-refractivity contribution is -0.141. The summed E-state index contributed by atoms with van der Waals surface area (Å²) >= 11 is 1.45. The van der Waals surface area contributed by atoms with Crippen molar-refractivity contribution in [1.82, 2.24) is 10.6 Å². The summed E-state index contributed by atoms with van der Waals surface area (Å²) in [7, 11) is 0. The number of aliphatic carboxylic acids is 1. The van der Waals surface area contributed by atoms with E-state index in [2.05, 4.69) is 10.6 Å². The third-order valence-electron chi connectivity index (χ3n) is 7.05. The standard InChI is InChI=1S/C34H35N3O6S/c1-22(34(41)42)18-23-11-15-27(16-12-23)43-21-31(38)36-30(20-28-8-5-17-44-28)33(40)37-29(32(35)39)19-24-9-13-26(14-10-24)25-6-3-2-4-7-25/h2-17,22,29-30H,18-21H2,1H3,(H2,35,39)(H,36,38)(H,37,40)(H,41,42)/t22-,29+,30-/m0/s1. The first kappa shape index (κ1) is 32.0. The second kappa shape index (κ2) is 15.5. The van der Waals surface area contributed by atoms with E-state index in [4.69, 9.17) is 15.6 Å². The van der Waals surface area contributed by atoms with Gasteiger partial charge in [-0.3, -0.25) is 19.2 Å². The Labute approximate surface area is 260 Å². The first-order chi connectivity index (χ1) is 21.2. The zero-order valence-corrected chi connectivity index (χ0v) is 25.1. The van der Waals surface area contributed by atoms with Gasteiger partial charge in [0.05, 0.1) is 5.92 Å². The lowest BCUT2D eigenvalue weighted by atomic mass is 10.00. The van der Waals surface area contributed by atoms with Crippen molar-refractivity contribution >= 4 is 35.0 Å². The number of carbonyl (C=O) groups is 4. The van der Waals surface area contributed by atoms with Gasteiger partial charge in [0.15, 0.2) is 6.61 Å². The number of carboxylic acid groups (broad SMARTS) is 1. The van der Waals surface area contributed by atoms with Gasteiger partial charge in [0, 0.05) is 17.7 Å². The molecule has 9 nitrogen and oxygen atoms in total. The monoisotopic (exact) mass is 613 g/mol. The van der Waals surface area contributed by atoms with Gasteiger partial charge in [-0.1, -0.05) is 79.7 Å². The van der Waals surface area contributed by atoms with Crippen LogP contribution in [0.4, 0.5) is 0 Å². The molecule has 0 saturated heterocycles. The molecule has 1 aromatic heterocycles. The summed E-state index contributed by atoms with van der Waals surface area (Å²) in [4.78, 5) is 50.5. The average molecular weight is 614 g/mol. The molecular weight excluding hydrogens is 578 g/mol. The van der Waals surface area contributed by atoms with E-state index in [1.165, 1.54) is 11.3 Å². The van der Waals surface area contributed by atoms with Crippen molar-refractivity contribution in [2.75, 3.05) is 6.61 Å². The van der Waals surface area contributed by atoms with Crippen LogP contribution in [0, 0.1) is 5.92 Å². The van der Waals surface area contributed by atoms with Gasteiger partial charge in [0.1, 0.15) is 17.8 Å². The molecule has 1 heterocycles. The maximum atomic E-state index is 13.4. The molecule has 0 aliphatic carbocycles. The second-order valence-corrected chi connectivity index (χ2v) is 11.5. The van der Waals surface area contributed by atoms with Crippen LogP contribution in [0.3, 0.4) is 0 Å². The largest absolute Gasteiger partial charge is 0.484 e. The van der Waals surface area contributed by atoms with E-state index < -0.39 is 41.7 Å². The molecule has 44 heavy (non-hydrogen) atoms. The van der Waals surface area contributed by atoms with Crippen molar-refractivity contribution in [3.8, 4) is 16.9 Å². The Bertz CT molecular complexity index is 1540. The van der Waals surface area contributed by atoms with E-state index in [-0.39, 0.29) is 19.4 Å². The lowest BCUT2D eigenvalue weighted by Gasteiger charge is -2.22. The molecule has 0 bridgehead atoms. The van der Waals surface area contributed by atoms with E-state index in [1.54, 1.807) is 31.2 Å². The molecule has 5 N–H and O–H groups in total. The predicted octanol–water partition coefficient (Wildman–Crippen LogP) is 4.00. The summed E-state index contributed by atoms with van der Waals surface area (Å²) in [5.74, 6) is -2.70. The Balaban J connectivity index is 1.37. The first-order valence-corrected chi connectivity index (χ1v) is 15.1. The third kappa shape index (κ3) is 9.53. The number of ether oxygens (including phenoxy) is 1. The van der Waals surface area contributed by atoms with Crippen molar-refractivity contribution in [2.24, 2.45) is 11.7 Å². The number of nitrogens with two attached hydrogens (primary N) is 1. The van der Waals surface area contributed by atoms with Crippen molar-refractivity contribution < 1.29 is 29.0 Å². The maximum Gasteiger partial charge on any atom is 0.306 e. The number of primary amides is 1. The number of carbonyl (C=O) groups excluding carboxylic acids is 3. The van der Waals surface area contributed by atoms with E-state index in [0.717, 1.165) is 27.1 Å². The van der Waals surface area contributed by atoms with Gasteiger partial charge in [-0.05, 0) is 52.3 Å². The fraction of sp³-hybridized carbons (Fsp3) is 0.235. The van der Waals surface area contributed by atoms with Crippen LogP contribution >= 0.6 is 11.3 Å². The zero-order chi connectivity index (χ0) is 31.5. The van der Waals surface area contributed by atoms with Crippen molar-refractivity contribution in [1.29, 1.82) is 0 Å². The topological polar surface area (TPSA) is 148 Å². The molecule has 0 radical (unpaired) electrons. The van der Waals surface area contributed by atoms with Gasteiger partial charge >= 0.3 is 5.97 Å². The summed E-state index contributed by atoms with van der Waals surface area (Å²) < 4.78 is 5.60. The van der Waals surface area contributed by atoms with Crippen LogP contribution in [0.15, 0.2) is 96.4 Å². The number of benzene rings is 3. The molecule has 0 saturated carbocycles. The molecule has 228 valence electrons. The van der Waals surface area contributed by atoms with E-state index in [9.17, 15) is 19.2 Å². The fourth-order valence-corrected chi connectivity index (χ4v) is 5.33. The highest BCUT2D eigenvalue weighted by Crippen LogP contribution is 2.20. The summed E-state index contributed by atoms with van der Waals surface area (Å²) in [6, 6.07) is 26.2. The number of thiophene rings is 1. The van der Waals surface area contributed by atoms with Crippen LogP contribution in [0.25, 0.3) is 11.1 Å². The Kier molecular flexibility index (Phi) is 11.3. The number of hydrogen-bond donors (Lipinski definition) is 4. The molecule has 0 unspecified atom stereocenters. The Morgan fingerprint density at radius 1 is 0.773 bits per heavy atom. The molecule has 3 atom stereocenters. The van der Waals surface area contributed by atoms with E-state index in [0.29, 0.717) is 12.2 Å². The number of rotatable bonds is 15. The zero-order valence-electron chi connectivity index (χ0n) is 24.3. The van der Waals surface area contributed by atoms with Gasteiger partial charge in [0.2, 0.25) is 11.8 Å². The predicted molar refractivity (Wildman–Crippen MR) is 169 cm³/mol. The highest BCUT2D eigenvalue weighted by Gasteiger charge is 2.27. The number of amides is 3. The Morgan fingerprint density at radius 2 is 1.41 bits per heavy atom. The molecule has 3 aromatic carbocycles. The molecule has 4 rings (SSSR count). The van der Waals surface area contributed by atoms with Crippen molar-refractivity contribution in [2.45, 2.75) is 38.3 Å². The SMILES string of the molecule is C[C@@H](Cc1ccc(OCC(=O)N[C@@H](Cc2cccs2)C(=O)N[C@H](Cc2ccc(-c3ccccc3)cc2)C(N)=O)cc1)C(=O)O. The van der Waals surface area contributed by atoms with Crippen molar-refractivity contribution in [3.05, 3.63) is 112 Å². The molecule has 0 fully saturated rings. The highest BCUT2D eigenvalue weighted by atomic mass is 32.1. The summed E-state index contributed by atoms with van der Waals surface area (Å²) in [5.41, 5.74) is 9.42. The smallest absolute Gasteiger partial charge is 0.306 e. The van der Waals surface area contributed by atoms with Crippen LogP contribution < -0.4 is 21.1 Å². The van der Waals surface area contributed by atoms with Crippen LogP contribution in [0.1, 0.15) is 22.9 Å². The molecule has 0 aliphatic heterocycles. The van der Waals surface area contributed by atoms with Crippen LogP contribution in [0.2, 0.25) is 0 Å². The first-order valence-electron chi connectivity index (χ1n) is 14.2. The van der Waals surface area contributed by atoms with Gasteiger partial charge < -0.3 is 26.2 Å². The molecular formula is C34H35N3O6S. The Morgan fingerprint density at radius 3 is 2.02 bits per heavy atom. The summed E-state index contributed by atoms with van der Waals surface area (Å²) in [6.07, 6.45) is 0.796. The molecule has 0 spiro atoms. The summed E-state index contributed by atoms with van der Waals surface area (Å²) in [5, 5.41) is 16.4. The van der Waals surface area contributed by atoms with Crippen LogP contribution in [-0.2, 0) is 38.4 Å². The minimum Gasteiger partial charge on any atom is -0.484 e. The third-order valence-corrected chi connectivity index (χ3v) is 7.95. The minimum absolute atomic E-state index is 0.195. The normalized spacial score (nSPS) is 12.8. The molecule has 0 aliphatic rings. The van der Waals surface area contributed by atoms with Gasteiger partial charge in [-0.25, -0.2) is 0 Å². The van der Waals surface area contributed by atoms with E-state index in [1.807, 2.05) is 72.1 Å². The molecule has 3 amide bonds.